The molecule has 1 N–H and O–H groups in total. The second-order valence-corrected chi connectivity index (χ2v) is 7.40. The maximum Gasteiger partial charge on any atom is 0.255 e. The van der Waals surface area contributed by atoms with E-state index < -0.39 is 0 Å². The summed E-state index contributed by atoms with van der Waals surface area (Å²) in [6, 6.07) is 14.9. The van der Waals surface area contributed by atoms with Gasteiger partial charge in [-0.25, -0.2) is 0 Å². The molecule has 1 fully saturated rings. The molecule has 6 nitrogen and oxygen atoms in total. The molecule has 0 atom stereocenters. The van der Waals surface area contributed by atoms with Crippen LogP contribution < -0.4 is 15.0 Å². The number of benzene rings is 2. The quantitative estimate of drug-likeness (QED) is 0.811. The molecule has 29 heavy (non-hydrogen) atoms. The van der Waals surface area contributed by atoms with Crippen LogP contribution in [-0.2, 0) is 4.79 Å². The number of carbonyl (C=O) groups is 2. The van der Waals surface area contributed by atoms with Gasteiger partial charge in [0.1, 0.15) is 5.75 Å². The normalized spacial score (nSPS) is 14.1. The fourth-order valence-corrected chi connectivity index (χ4v) is 3.45. The van der Waals surface area contributed by atoms with Crippen molar-refractivity contribution in [2.24, 2.45) is 5.92 Å². The number of ether oxygens (including phenoxy) is 1. The summed E-state index contributed by atoms with van der Waals surface area (Å²) >= 11 is 0. The van der Waals surface area contributed by atoms with Crippen LogP contribution in [0.2, 0.25) is 0 Å². The van der Waals surface area contributed by atoms with E-state index in [2.05, 4.69) is 10.2 Å². The Kier molecular flexibility index (Phi) is 6.75. The molecule has 2 aromatic carbocycles. The molecule has 1 aliphatic heterocycles. The lowest BCUT2D eigenvalue weighted by Gasteiger charge is -2.37. The summed E-state index contributed by atoms with van der Waals surface area (Å²) in [5.41, 5.74) is 2.33. The Bertz CT molecular complexity index is 841. The second-order valence-electron chi connectivity index (χ2n) is 7.40. The van der Waals surface area contributed by atoms with Crippen LogP contribution in [0.5, 0.6) is 5.75 Å². The molecule has 2 amide bonds. The van der Waals surface area contributed by atoms with Crippen LogP contribution in [0.15, 0.2) is 48.5 Å². The van der Waals surface area contributed by atoms with Crippen LogP contribution in [0.25, 0.3) is 0 Å². The zero-order chi connectivity index (χ0) is 20.8. The van der Waals surface area contributed by atoms with Crippen LogP contribution in [0.3, 0.4) is 0 Å². The van der Waals surface area contributed by atoms with Crippen LogP contribution in [0, 0.1) is 5.92 Å². The van der Waals surface area contributed by atoms with Crippen molar-refractivity contribution in [3.8, 4) is 5.75 Å². The van der Waals surface area contributed by atoms with Crippen molar-refractivity contribution in [3.05, 3.63) is 54.1 Å². The highest BCUT2D eigenvalue weighted by molar-refractivity contribution is 6.06. The molecule has 0 radical (unpaired) electrons. The Morgan fingerprint density at radius 3 is 2.28 bits per heavy atom. The lowest BCUT2D eigenvalue weighted by atomic mass is 10.1. The minimum absolute atomic E-state index is 0.0160. The number of hydrogen-bond acceptors (Lipinski definition) is 4. The van der Waals surface area contributed by atoms with Gasteiger partial charge in [0.25, 0.3) is 5.91 Å². The molecule has 0 unspecified atom stereocenters. The van der Waals surface area contributed by atoms with Gasteiger partial charge in [-0.1, -0.05) is 26.0 Å². The van der Waals surface area contributed by atoms with Crippen molar-refractivity contribution in [2.45, 2.75) is 20.8 Å². The first-order valence-corrected chi connectivity index (χ1v) is 10.2. The number of amides is 2. The Morgan fingerprint density at radius 1 is 1.00 bits per heavy atom. The molecular weight excluding hydrogens is 366 g/mol. The minimum atomic E-state index is -0.158. The SMILES string of the molecule is CCOc1ccc(C(=O)Nc2ccccc2N2CCN(C(=O)C(C)C)CC2)cc1. The van der Waals surface area contributed by atoms with Crippen molar-refractivity contribution in [1.29, 1.82) is 0 Å². The van der Waals surface area contributed by atoms with Crippen LogP contribution in [0.4, 0.5) is 11.4 Å². The number of nitrogens with zero attached hydrogens (tertiary/aromatic N) is 2. The lowest BCUT2D eigenvalue weighted by molar-refractivity contribution is -0.134. The summed E-state index contributed by atoms with van der Waals surface area (Å²) in [7, 11) is 0. The monoisotopic (exact) mass is 395 g/mol. The van der Waals surface area contributed by atoms with Gasteiger partial charge in [0.05, 0.1) is 18.0 Å². The van der Waals surface area contributed by atoms with Gasteiger partial charge in [-0.2, -0.15) is 0 Å². The number of rotatable bonds is 6. The standard InChI is InChI=1S/C23H29N3O3/c1-4-29-19-11-9-18(10-12-19)22(27)24-20-7-5-6-8-21(20)25-13-15-26(16-14-25)23(28)17(2)3/h5-12,17H,4,13-16H2,1-3H3,(H,24,27). The molecule has 0 aromatic heterocycles. The van der Waals surface area contributed by atoms with Gasteiger partial charge in [-0.05, 0) is 43.3 Å². The number of nitrogens with one attached hydrogen (secondary N) is 1. The smallest absolute Gasteiger partial charge is 0.255 e. The average Bonchev–Trinajstić information content (AvgIpc) is 2.74. The van der Waals surface area contributed by atoms with Gasteiger partial charge in [-0.3, -0.25) is 9.59 Å². The molecule has 6 heteroatoms. The summed E-state index contributed by atoms with van der Waals surface area (Å²) in [4.78, 5) is 29.1. The molecule has 1 heterocycles. The van der Waals surface area contributed by atoms with Crippen molar-refractivity contribution in [2.75, 3.05) is 43.0 Å². The first kappa shape index (κ1) is 20.7. The zero-order valence-electron chi connectivity index (χ0n) is 17.4. The lowest BCUT2D eigenvalue weighted by Crippen LogP contribution is -2.50. The van der Waals surface area contributed by atoms with E-state index in [-0.39, 0.29) is 17.7 Å². The molecule has 154 valence electrons. The number of hydrogen-bond donors (Lipinski definition) is 1. The van der Waals surface area contributed by atoms with Gasteiger partial charge in [0.15, 0.2) is 0 Å². The molecule has 0 aliphatic carbocycles. The van der Waals surface area contributed by atoms with E-state index in [9.17, 15) is 9.59 Å². The summed E-state index contributed by atoms with van der Waals surface area (Å²) in [5.74, 6) is 0.802. The van der Waals surface area contributed by atoms with Gasteiger partial charge < -0.3 is 19.9 Å². The summed E-state index contributed by atoms with van der Waals surface area (Å²) in [6.45, 7) is 9.26. The fraction of sp³-hybridized carbons (Fsp3) is 0.391. The van der Waals surface area contributed by atoms with Gasteiger partial charge in [0, 0.05) is 37.7 Å². The maximum absolute atomic E-state index is 12.7. The average molecular weight is 396 g/mol. The molecular formula is C23H29N3O3. The summed E-state index contributed by atoms with van der Waals surface area (Å²) in [6.07, 6.45) is 0. The number of anilines is 2. The van der Waals surface area contributed by atoms with E-state index in [1.54, 1.807) is 24.3 Å². The van der Waals surface area contributed by atoms with Crippen LogP contribution in [0.1, 0.15) is 31.1 Å². The maximum atomic E-state index is 12.7. The molecule has 1 aliphatic rings. The highest BCUT2D eigenvalue weighted by Gasteiger charge is 2.24. The van der Waals surface area contributed by atoms with E-state index in [0.29, 0.717) is 25.3 Å². The third-order valence-electron chi connectivity index (χ3n) is 5.01. The Morgan fingerprint density at radius 2 is 1.66 bits per heavy atom. The first-order valence-electron chi connectivity index (χ1n) is 10.2. The van der Waals surface area contributed by atoms with E-state index in [1.807, 2.05) is 49.9 Å². The molecule has 0 spiro atoms. The van der Waals surface area contributed by atoms with E-state index in [0.717, 1.165) is 30.2 Å². The third kappa shape index (κ3) is 5.08. The number of piperazine rings is 1. The van der Waals surface area contributed by atoms with E-state index >= 15 is 0 Å². The molecule has 3 rings (SSSR count). The minimum Gasteiger partial charge on any atom is -0.494 e. The highest BCUT2D eigenvalue weighted by atomic mass is 16.5. The third-order valence-corrected chi connectivity index (χ3v) is 5.01. The van der Waals surface area contributed by atoms with Crippen LogP contribution >= 0.6 is 0 Å². The molecule has 0 saturated carbocycles. The first-order chi connectivity index (χ1) is 14.0. The highest BCUT2D eigenvalue weighted by Crippen LogP contribution is 2.27. The molecule has 2 aromatic rings. The fourth-order valence-electron chi connectivity index (χ4n) is 3.45. The largest absolute Gasteiger partial charge is 0.494 e. The Labute approximate surface area is 172 Å². The Balaban J connectivity index is 1.68. The predicted molar refractivity (Wildman–Crippen MR) is 116 cm³/mol. The molecule has 1 saturated heterocycles. The van der Waals surface area contributed by atoms with E-state index in [1.165, 1.54) is 0 Å². The van der Waals surface area contributed by atoms with Gasteiger partial charge in [-0.15, -0.1) is 0 Å². The topological polar surface area (TPSA) is 61.9 Å². The van der Waals surface area contributed by atoms with Crippen molar-refractivity contribution < 1.29 is 14.3 Å². The molecule has 0 bridgehead atoms. The number of carbonyl (C=O) groups excluding carboxylic acids is 2. The second kappa shape index (κ2) is 9.45. The van der Waals surface area contributed by atoms with Crippen molar-refractivity contribution in [1.82, 2.24) is 4.90 Å². The van der Waals surface area contributed by atoms with Crippen LogP contribution in [-0.4, -0.2) is 49.5 Å². The predicted octanol–water partition coefficient (Wildman–Crippen LogP) is 3.64. The summed E-state index contributed by atoms with van der Waals surface area (Å²) in [5, 5.41) is 3.03. The summed E-state index contributed by atoms with van der Waals surface area (Å²) < 4.78 is 5.43. The number of para-hydroxylation sites is 2. The van der Waals surface area contributed by atoms with Crippen molar-refractivity contribution in [3.63, 3.8) is 0 Å². The van der Waals surface area contributed by atoms with Crippen molar-refractivity contribution >= 4 is 23.2 Å². The van der Waals surface area contributed by atoms with Gasteiger partial charge >= 0.3 is 0 Å². The van der Waals surface area contributed by atoms with E-state index in [4.69, 9.17) is 4.74 Å². The Hall–Kier alpha value is -3.02. The van der Waals surface area contributed by atoms with Gasteiger partial charge in [0.2, 0.25) is 5.91 Å². The zero-order valence-corrected chi connectivity index (χ0v) is 17.4.